The first-order valence-electron chi connectivity index (χ1n) is 8.25. The van der Waals surface area contributed by atoms with Gasteiger partial charge in [0.15, 0.2) is 23.9 Å². The fraction of sp³-hybridized carbons (Fsp3) is 0.688. The van der Waals surface area contributed by atoms with Crippen LogP contribution in [0.2, 0.25) is 0 Å². The Bertz CT molecular complexity index is 711. The molecule has 3 heterocycles. The Kier molecular flexibility index (Phi) is 4.78. The van der Waals surface area contributed by atoms with Gasteiger partial charge in [-0.3, -0.25) is 10.1 Å². The highest BCUT2D eigenvalue weighted by atomic mass is 16.8. The lowest BCUT2D eigenvalue weighted by Crippen LogP contribution is -2.41. The largest absolute Gasteiger partial charge is 0.624 e. The minimum Gasteiger partial charge on any atom is -0.624 e. The molecular weight excluding hydrogens is 348 g/mol. The van der Waals surface area contributed by atoms with Gasteiger partial charge in [-0.2, -0.15) is 0 Å². The topological polar surface area (TPSA) is 119 Å². The number of hydrogen-bond donors (Lipinski definition) is 0. The quantitative estimate of drug-likeness (QED) is 0.253. The summed E-state index contributed by atoms with van der Waals surface area (Å²) in [4.78, 5) is 9.97. The fourth-order valence-corrected chi connectivity index (χ4v) is 3.08. The SMILES string of the molecule is CC1(C)OC[C@H]([C@H]2OC(C)(C)O[C@@H]2C/[N+]([O-])=C/c2ccc([N+](=O)[O-])o2)O1. The molecule has 2 aliphatic heterocycles. The lowest BCUT2D eigenvalue weighted by molar-refractivity contribution is -0.466. The fourth-order valence-electron chi connectivity index (χ4n) is 3.08. The molecular formula is C16H22N2O8. The maximum absolute atomic E-state index is 12.3. The number of hydroxylamine groups is 1. The molecule has 0 saturated carbocycles. The maximum Gasteiger partial charge on any atom is 0.433 e. The van der Waals surface area contributed by atoms with Crippen LogP contribution in [0.1, 0.15) is 33.5 Å². The summed E-state index contributed by atoms with van der Waals surface area (Å²) >= 11 is 0. The van der Waals surface area contributed by atoms with Crippen LogP contribution < -0.4 is 0 Å². The molecule has 10 nitrogen and oxygen atoms in total. The average Bonchev–Trinajstić information content (AvgIpc) is 3.17. The molecule has 26 heavy (non-hydrogen) atoms. The van der Waals surface area contributed by atoms with Crippen LogP contribution in [-0.2, 0) is 18.9 Å². The molecule has 0 amide bonds. The van der Waals surface area contributed by atoms with E-state index in [1.165, 1.54) is 12.1 Å². The van der Waals surface area contributed by atoms with Gasteiger partial charge in [-0.15, -0.1) is 0 Å². The highest BCUT2D eigenvalue weighted by Crippen LogP contribution is 2.35. The first-order chi connectivity index (χ1) is 12.0. The van der Waals surface area contributed by atoms with E-state index in [4.69, 9.17) is 23.4 Å². The van der Waals surface area contributed by atoms with Gasteiger partial charge in [0.1, 0.15) is 23.2 Å². The molecule has 0 spiro atoms. The molecule has 1 aromatic heterocycles. The Balaban J connectivity index is 1.71. The Morgan fingerprint density at radius 1 is 1.15 bits per heavy atom. The third-order valence-electron chi connectivity index (χ3n) is 4.04. The standard InChI is InChI=1S/C16H22N2O8/c1-15(2)22-9-12(25-15)14-11(24-16(3,4)26-14)8-17(19)7-10-5-6-13(23-10)18(20)21/h5-7,11-12,14H,8-9H2,1-4H3/b17-7-/t11-,12-,14+/m1/s1. The van der Waals surface area contributed by atoms with Crippen LogP contribution >= 0.6 is 0 Å². The zero-order chi connectivity index (χ0) is 19.1. The second kappa shape index (κ2) is 6.62. The van der Waals surface area contributed by atoms with Gasteiger partial charge < -0.3 is 28.6 Å². The van der Waals surface area contributed by atoms with E-state index in [9.17, 15) is 15.3 Å². The highest BCUT2D eigenvalue weighted by molar-refractivity contribution is 5.72. The Morgan fingerprint density at radius 3 is 2.46 bits per heavy atom. The summed E-state index contributed by atoms with van der Waals surface area (Å²) in [5.41, 5.74) is 0. The lowest BCUT2D eigenvalue weighted by atomic mass is 10.1. The molecule has 0 aliphatic carbocycles. The molecule has 0 bridgehead atoms. The maximum atomic E-state index is 12.3. The van der Waals surface area contributed by atoms with E-state index in [1.54, 1.807) is 27.7 Å². The molecule has 2 saturated heterocycles. The van der Waals surface area contributed by atoms with Crippen molar-refractivity contribution in [3.05, 3.63) is 33.2 Å². The minimum atomic E-state index is -0.865. The number of nitrogens with zero attached hydrogens (tertiary/aromatic N) is 2. The van der Waals surface area contributed by atoms with E-state index in [-0.39, 0.29) is 18.4 Å². The zero-order valence-electron chi connectivity index (χ0n) is 15.0. The van der Waals surface area contributed by atoms with Crippen molar-refractivity contribution < 1.29 is 33.0 Å². The number of rotatable bonds is 5. The summed E-state index contributed by atoms with van der Waals surface area (Å²) in [6.45, 7) is 7.41. The van der Waals surface area contributed by atoms with Crippen LogP contribution in [0.5, 0.6) is 0 Å². The average molecular weight is 370 g/mol. The predicted molar refractivity (Wildman–Crippen MR) is 87.8 cm³/mol. The molecule has 0 radical (unpaired) electrons. The third kappa shape index (κ3) is 4.21. The molecule has 1 aromatic rings. The summed E-state index contributed by atoms with van der Waals surface area (Å²) in [6.07, 6.45) is -0.280. The molecule has 3 atom stereocenters. The summed E-state index contributed by atoms with van der Waals surface area (Å²) in [6, 6.07) is 2.54. The van der Waals surface area contributed by atoms with E-state index in [1.807, 2.05) is 0 Å². The van der Waals surface area contributed by atoms with Crippen LogP contribution in [0.3, 0.4) is 0 Å². The number of furan rings is 1. The normalized spacial score (nSPS) is 30.6. The van der Waals surface area contributed by atoms with E-state index in [2.05, 4.69) is 0 Å². The molecule has 10 heteroatoms. The lowest BCUT2D eigenvalue weighted by Gasteiger charge is -2.23. The van der Waals surface area contributed by atoms with Gasteiger partial charge in [0, 0.05) is 0 Å². The molecule has 2 fully saturated rings. The molecule has 0 unspecified atom stereocenters. The van der Waals surface area contributed by atoms with Crippen molar-refractivity contribution in [2.75, 3.05) is 13.2 Å². The van der Waals surface area contributed by atoms with Gasteiger partial charge in [-0.1, -0.05) is 0 Å². The van der Waals surface area contributed by atoms with Gasteiger partial charge in [-0.05, 0) is 33.8 Å². The van der Waals surface area contributed by atoms with Crippen molar-refractivity contribution in [1.82, 2.24) is 0 Å². The highest BCUT2D eigenvalue weighted by Gasteiger charge is 2.50. The van der Waals surface area contributed by atoms with Gasteiger partial charge in [0.05, 0.1) is 12.7 Å². The van der Waals surface area contributed by atoms with Crippen molar-refractivity contribution in [3.63, 3.8) is 0 Å². The van der Waals surface area contributed by atoms with Crippen LogP contribution in [0, 0.1) is 15.3 Å². The van der Waals surface area contributed by atoms with Crippen molar-refractivity contribution in [1.29, 1.82) is 0 Å². The molecule has 0 aromatic carbocycles. The molecule has 0 N–H and O–H groups in total. The minimum absolute atomic E-state index is 0.0527. The Hall–Kier alpha value is -2.01. The summed E-state index contributed by atoms with van der Waals surface area (Å²) in [5.74, 6) is -1.93. The van der Waals surface area contributed by atoms with Gasteiger partial charge >= 0.3 is 5.88 Å². The van der Waals surface area contributed by atoms with Crippen LogP contribution in [-0.4, -0.2) is 58.9 Å². The predicted octanol–water partition coefficient (Wildman–Crippen LogP) is 1.79. The third-order valence-corrected chi connectivity index (χ3v) is 4.04. The zero-order valence-corrected chi connectivity index (χ0v) is 15.0. The Morgan fingerprint density at radius 2 is 1.88 bits per heavy atom. The summed E-state index contributed by atoms with van der Waals surface area (Å²) in [7, 11) is 0. The van der Waals surface area contributed by atoms with E-state index in [0.717, 1.165) is 6.21 Å². The van der Waals surface area contributed by atoms with Crippen LogP contribution in [0.4, 0.5) is 5.88 Å². The second-order valence-corrected chi connectivity index (χ2v) is 7.17. The van der Waals surface area contributed by atoms with Crippen molar-refractivity contribution in [2.45, 2.75) is 57.6 Å². The second-order valence-electron chi connectivity index (χ2n) is 7.17. The van der Waals surface area contributed by atoms with Crippen LogP contribution in [0.25, 0.3) is 0 Å². The van der Waals surface area contributed by atoms with E-state index >= 15 is 0 Å². The number of nitro groups is 1. The molecule has 2 aliphatic rings. The molecule has 3 rings (SSSR count). The van der Waals surface area contributed by atoms with Gasteiger partial charge in [0.2, 0.25) is 6.21 Å². The van der Waals surface area contributed by atoms with Gasteiger partial charge in [0.25, 0.3) is 0 Å². The van der Waals surface area contributed by atoms with E-state index < -0.39 is 34.6 Å². The van der Waals surface area contributed by atoms with Crippen LogP contribution in [0.15, 0.2) is 16.5 Å². The summed E-state index contributed by atoms with van der Waals surface area (Å²) < 4.78 is 28.7. The number of ether oxygens (including phenoxy) is 4. The first kappa shape index (κ1) is 18.8. The summed E-state index contributed by atoms with van der Waals surface area (Å²) in [5, 5.41) is 22.9. The Labute approximate surface area is 150 Å². The van der Waals surface area contributed by atoms with Crippen molar-refractivity contribution >= 4 is 12.1 Å². The van der Waals surface area contributed by atoms with Crippen molar-refractivity contribution in [2.24, 2.45) is 0 Å². The van der Waals surface area contributed by atoms with Crippen molar-refractivity contribution in [3.8, 4) is 0 Å². The first-order valence-corrected chi connectivity index (χ1v) is 8.25. The molecule has 144 valence electrons. The number of hydrogen-bond acceptors (Lipinski definition) is 8. The van der Waals surface area contributed by atoms with E-state index in [0.29, 0.717) is 11.3 Å². The smallest absolute Gasteiger partial charge is 0.433 e. The monoisotopic (exact) mass is 370 g/mol. The van der Waals surface area contributed by atoms with Gasteiger partial charge in [-0.25, -0.2) is 4.74 Å².